The van der Waals surface area contributed by atoms with Gasteiger partial charge in [-0.1, -0.05) is 46.4 Å². The second-order valence-electron chi connectivity index (χ2n) is 10.7. The molecule has 1 spiro atoms. The second-order valence-corrected chi connectivity index (χ2v) is 12.5. The summed E-state index contributed by atoms with van der Waals surface area (Å²) in [5.41, 5.74) is -1.87. The van der Waals surface area contributed by atoms with E-state index in [4.69, 9.17) is 46.4 Å². The van der Waals surface area contributed by atoms with Crippen LogP contribution in [-0.4, -0.2) is 63.6 Å². The topological polar surface area (TPSA) is 110 Å². The van der Waals surface area contributed by atoms with Crippen molar-refractivity contribution in [3.05, 3.63) is 56.0 Å². The maximum atomic E-state index is 15.1. The molecule has 1 saturated carbocycles. The molecule has 4 aliphatic rings. The average Bonchev–Trinajstić information content (AvgIpc) is 3.38. The zero-order chi connectivity index (χ0) is 28.9. The number of nitrogens with zero attached hydrogens (tertiary/aromatic N) is 2. The highest BCUT2D eigenvalue weighted by molar-refractivity contribution is 6.38. The highest BCUT2D eigenvalue weighted by Gasteiger charge is 2.75. The van der Waals surface area contributed by atoms with Crippen molar-refractivity contribution in [2.75, 3.05) is 16.8 Å². The number of aliphatic hydroxyl groups is 1. The maximum Gasteiger partial charge on any atom is 0.310 e. The lowest BCUT2D eigenvalue weighted by Crippen LogP contribution is -2.56. The van der Waals surface area contributed by atoms with Crippen molar-refractivity contribution >= 4 is 75.6 Å². The molecule has 2 aromatic rings. The van der Waals surface area contributed by atoms with Gasteiger partial charge in [-0.15, -0.1) is 0 Å². The van der Waals surface area contributed by atoms with Crippen LogP contribution in [-0.2, 0) is 19.9 Å². The standard InChI is InChI=1S/C26H21Cl4F2N3O5/c27-10-1-11(28)3-13(2-10)35(14-6-15(36)7-14)22(37)19-18-8-25(31,32)9-34(18)26(20(19)23(38)39)16-4-12(29)5-17(30)21(16)33-24(26)40/h1-5,14-15,18-20,36H,6-9H2,(H,33,40)(H,38,39)/t14?,15?,18-,19+,20-,26+/m1/s1. The van der Waals surface area contributed by atoms with E-state index in [1.807, 2.05) is 0 Å². The molecule has 3 N–H and O–H groups in total. The van der Waals surface area contributed by atoms with E-state index in [0.717, 1.165) is 4.90 Å². The van der Waals surface area contributed by atoms with Crippen LogP contribution in [0.1, 0.15) is 24.8 Å². The Kier molecular flexibility index (Phi) is 6.57. The molecule has 14 heteroatoms. The Morgan fingerprint density at radius 3 is 2.25 bits per heavy atom. The number of aliphatic hydroxyl groups excluding tert-OH is 1. The lowest BCUT2D eigenvalue weighted by molar-refractivity contribution is -0.153. The molecule has 3 aliphatic heterocycles. The second kappa shape index (κ2) is 9.40. The van der Waals surface area contributed by atoms with E-state index < -0.39 is 72.2 Å². The molecule has 1 aliphatic carbocycles. The summed E-state index contributed by atoms with van der Waals surface area (Å²) < 4.78 is 30.2. The van der Waals surface area contributed by atoms with Gasteiger partial charge in [-0.2, -0.15) is 0 Å². The molecule has 2 aromatic carbocycles. The summed E-state index contributed by atoms with van der Waals surface area (Å²) >= 11 is 25.0. The number of hydrogen-bond acceptors (Lipinski definition) is 5. The molecule has 40 heavy (non-hydrogen) atoms. The van der Waals surface area contributed by atoms with Crippen LogP contribution in [0.4, 0.5) is 20.2 Å². The number of amides is 2. The molecule has 212 valence electrons. The summed E-state index contributed by atoms with van der Waals surface area (Å²) in [5, 5.41) is 23.7. The number of carbonyl (C=O) groups is 3. The molecule has 3 fully saturated rings. The largest absolute Gasteiger partial charge is 0.481 e. The van der Waals surface area contributed by atoms with Crippen LogP contribution in [0.5, 0.6) is 0 Å². The van der Waals surface area contributed by atoms with Crippen LogP contribution in [0.25, 0.3) is 0 Å². The number of aliphatic carboxylic acids is 1. The number of hydrogen-bond donors (Lipinski definition) is 3. The van der Waals surface area contributed by atoms with E-state index in [9.17, 15) is 24.6 Å². The van der Waals surface area contributed by atoms with Crippen molar-refractivity contribution < 1.29 is 33.4 Å². The Labute approximate surface area is 246 Å². The Morgan fingerprint density at radius 1 is 1.02 bits per heavy atom. The molecule has 0 bridgehead atoms. The van der Waals surface area contributed by atoms with Gasteiger partial charge in [0.25, 0.3) is 11.8 Å². The third-order valence-corrected chi connectivity index (χ3v) is 9.36. The van der Waals surface area contributed by atoms with Gasteiger partial charge < -0.3 is 20.4 Å². The molecular formula is C26H21Cl4F2N3O5. The minimum Gasteiger partial charge on any atom is -0.481 e. The van der Waals surface area contributed by atoms with Crippen molar-refractivity contribution in [2.24, 2.45) is 11.8 Å². The molecule has 2 saturated heterocycles. The number of carbonyl (C=O) groups excluding carboxylic acids is 2. The fraction of sp³-hybridized carbons (Fsp3) is 0.423. The average molecular weight is 635 g/mol. The zero-order valence-corrected chi connectivity index (χ0v) is 23.4. The van der Waals surface area contributed by atoms with Crippen LogP contribution < -0.4 is 10.2 Å². The van der Waals surface area contributed by atoms with Gasteiger partial charge in [-0.05, 0) is 43.2 Å². The number of benzene rings is 2. The van der Waals surface area contributed by atoms with E-state index in [1.165, 1.54) is 35.2 Å². The summed E-state index contributed by atoms with van der Waals surface area (Å²) in [5.74, 6) is -9.88. The minimum atomic E-state index is -3.32. The monoisotopic (exact) mass is 633 g/mol. The van der Waals surface area contributed by atoms with Gasteiger partial charge in [0.1, 0.15) is 11.5 Å². The number of nitrogens with one attached hydrogen (secondary N) is 1. The lowest BCUT2D eigenvalue weighted by Gasteiger charge is -2.43. The van der Waals surface area contributed by atoms with Crippen LogP contribution in [0, 0.1) is 11.8 Å². The number of alkyl halides is 2. The quantitative estimate of drug-likeness (QED) is 0.435. The molecular weight excluding hydrogens is 614 g/mol. The lowest BCUT2D eigenvalue weighted by atomic mass is 9.73. The first-order valence-electron chi connectivity index (χ1n) is 12.4. The smallest absolute Gasteiger partial charge is 0.310 e. The number of anilines is 2. The summed E-state index contributed by atoms with van der Waals surface area (Å²) in [6, 6.07) is 5.13. The summed E-state index contributed by atoms with van der Waals surface area (Å²) in [6.07, 6.45) is -1.21. The first-order valence-corrected chi connectivity index (χ1v) is 13.9. The van der Waals surface area contributed by atoms with Gasteiger partial charge in [0, 0.05) is 44.8 Å². The SMILES string of the molecule is O=C(O)[C@H]1[C@@H](C(=O)N(c2cc(Cl)cc(Cl)c2)C2CC(O)C2)[C@H]2CC(F)(F)CN2[C@]12C(=O)Nc1c(Cl)cc(Cl)cc12. The van der Waals surface area contributed by atoms with E-state index in [1.54, 1.807) is 0 Å². The first-order chi connectivity index (χ1) is 18.7. The van der Waals surface area contributed by atoms with Crippen molar-refractivity contribution in [3.63, 3.8) is 0 Å². The molecule has 0 radical (unpaired) electrons. The van der Waals surface area contributed by atoms with Crippen LogP contribution >= 0.6 is 46.4 Å². The van der Waals surface area contributed by atoms with Crippen LogP contribution in [0.2, 0.25) is 20.1 Å². The van der Waals surface area contributed by atoms with Crippen LogP contribution in [0.3, 0.4) is 0 Å². The summed E-state index contributed by atoms with van der Waals surface area (Å²) in [7, 11) is 0. The summed E-state index contributed by atoms with van der Waals surface area (Å²) in [6.45, 7) is -0.951. The maximum absolute atomic E-state index is 15.1. The van der Waals surface area contributed by atoms with E-state index in [-0.39, 0.29) is 49.9 Å². The zero-order valence-electron chi connectivity index (χ0n) is 20.4. The Morgan fingerprint density at radius 2 is 1.65 bits per heavy atom. The van der Waals surface area contributed by atoms with Crippen molar-refractivity contribution in [1.29, 1.82) is 0 Å². The van der Waals surface area contributed by atoms with Crippen molar-refractivity contribution in [3.8, 4) is 0 Å². The molecule has 0 aromatic heterocycles. The van der Waals surface area contributed by atoms with Gasteiger partial charge in [-0.3, -0.25) is 19.3 Å². The molecule has 6 rings (SSSR count). The minimum absolute atomic E-state index is 0.00722. The normalized spacial score (nSPS) is 32.0. The fourth-order valence-electron chi connectivity index (χ4n) is 6.91. The Hall–Kier alpha value is -2.21. The van der Waals surface area contributed by atoms with Gasteiger partial charge in [-0.25, -0.2) is 8.78 Å². The highest BCUT2D eigenvalue weighted by Crippen LogP contribution is 2.61. The Bertz CT molecular complexity index is 1450. The predicted molar refractivity (Wildman–Crippen MR) is 144 cm³/mol. The van der Waals surface area contributed by atoms with Crippen molar-refractivity contribution in [1.82, 2.24) is 4.90 Å². The van der Waals surface area contributed by atoms with Gasteiger partial charge in [0.15, 0.2) is 0 Å². The van der Waals surface area contributed by atoms with Crippen LogP contribution in [0.15, 0.2) is 30.3 Å². The van der Waals surface area contributed by atoms with Gasteiger partial charge >= 0.3 is 5.97 Å². The van der Waals surface area contributed by atoms with E-state index >= 15 is 8.78 Å². The molecule has 0 unspecified atom stereocenters. The Balaban J connectivity index is 1.55. The highest BCUT2D eigenvalue weighted by atomic mass is 35.5. The van der Waals surface area contributed by atoms with E-state index in [0.29, 0.717) is 0 Å². The molecule has 8 nitrogen and oxygen atoms in total. The third-order valence-electron chi connectivity index (χ3n) is 8.40. The van der Waals surface area contributed by atoms with Gasteiger partial charge in [0.05, 0.1) is 29.3 Å². The number of carboxylic acids is 1. The number of rotatable bonds is 4. The first kappa shape index (κ1) is 27.9. The summed E-state index contributed by atoms with van der Waals surface area (Å²) in [4.78, 5) is 43.7. The number of carboxylic acid groups (broad SMARTS) is 1. The molecule has 2 amide bonds. The molecule has 4 atom stereocenters. The number of halogens is 6. The third kappa shape index (κ3) is 4.02. The molecule has 3 heterocycles. The fourth-order valence-corrected chi connectivity index (χ4v) is 7.96. The van der Waals surface area contributed by atoms with Gasteiger partial charge in [0.2, 0.25) is 5.91 Å². The predicted octanol–water partition coefficient (Wildman–Crippen LogP) is 5.04. The van der Waals surface area contributed by atoms with E-state index in [2.05, 4.69) is 5.32 Å². The number of fused-ring (bicyclic) bond motifs is 4. The van der Waals surface area contributed by atoms with Crippen molar-refractivity contribution in [2.45, 2.75) is 48.9 Å².